The van der Waals surface area contributed by atoms with Crippen LogP contribution in [-0.4, -0.2) is 9.97 Å². The van der Waals surface area contributed by atoms with Crippen molar-refractivity contribution in [3.8, 4) is 6.07 Å². The third-order valence-corrected chi connectivity index (χ3v) is 1.47. The van der Waals surface area contributed by atoms with Crippen LogP contribution in [0.5, 0.6) is 0 Å². The Morgan fingerprint density at radius 3 is 2.91 bits per heavy atom. The van der Waals surface area contributed by atoms with Gasteiger partial charge in [0.2, 0.25) is 0 Å². The lowest BCUT2D eigenvalue weighted by Gasteiger charge is -1.97. The third-order valence-electron chi connectivity index (χ3n) is 1.47. The highest BCUT2D eigenvalue weighted by Gasteiger charge is 1.99. The van der Waals surface area contributed by atoms with Crippen LogP contribution >= 0.6 is 0 Å². The molecule has 0 bridgehead atoms. The smallest absolute Gasteiger partial charge is 0.161 e. The molecule has 0 saturated heterocycles. The fourth-order valence-corrected chi connectivity index (χ4v) is 0.762. The Morgan fingerprint density at radius 2 is 2.36 bits per heavy atom. The SMILES string of the molecule is CCc1cnc(C)c(C#N)n1. The molecule has 1 aromatic heterocycles. The average Bonchev–Trinajstić information content (AvgIpc) is 2.05. The Labute approximate surface area is 65.7 Å². The summed E-state index contributed by atoms with van der Waals surface area (Å²) in [5, 5.41) is 8.59. The van der Waals surface area contributed by atoms with Gasteiger partial charge in [-0.3, -0.25) is 4.98 Å². The van der Waals surface area contributed by atoms with Gasteiger partial charge in [0.05, 0.1) is 11.4 Å². The second kappa shape index (κ2) is 3.11. The van der Waals surface area contributed by atoms with E-state index in [1.807, 2.05) is 13.0 Å². The van der Waals surface area contributed by atoms with Gasteiger partial charge in [0, 0.05) is 6.20 Å². The van der Waals surface area contributed by atoms with Gasteiger partial charge in [-0.15, -0.1) is 0 Å². The summed E-state index contributed by atoms with van der Waals surface area (Å²) in [7, 11) is 0. The molecule has 0 aliphatic rings. The van der Waals surface area contributed by atoms with E-state index in [1.54, 1.807) is 13.1 Å². The van der Waals surface area contributed by atoms with Gasteiger partial charge in [0.15, 0.2) is 5.69 Å². The van der Waals surface area contributed by atoms with E-state index in [1.165, 1.54) is 0 Å². The summed E-state index contributed by atoms with van der Waals surface area (Å²) in [5.74, 6) is 0. The second-order valence-corrected chi connectivity index (χ2v) is 2.26. The monoisotopic (exact) mass is 147 g/mol. The van der Waals surface area contributed by atoms with E-state index >= 15 is 0 Å². The maximum atomic E-state index is 8.59. The first kappa shape index (κ1) is 7.67. The van der Waals surface area contributed by atoms with Crippen LogP contribution in [0.2, 0.25) is 0 Å². The molecule has 0 atom stereocenters. The van der Waals surface area contributed by atoms with Gasteiger partial charge >= 0.3 is 0 Å². The molecule has 0 amide bonds. The Bertz CT molecular complexity index is 299. The third kappa shape index (κ3) is 1.53. The summed E-state index contributed by atoms with van der Waals surface area (Å²) < 4.78 is 0. The van der Waals surface area contributed by atoms with Crippen LogP contribution < -0.4 is 0 Å². The molecule has 3 heteroatoms. The van der Waals surface area contributed by atoms with Crippen molar-refractivity contribution in [1.29, 1.82) is 5.26 Å². The molecule has 0 N–H and O–H groups in total. The Kier molecular flexibility index (Phi) is 2.17. The summed E-state index contributed by atoms with van der Waals surface area (Å²) in [6, 6.07) is 2.00. The van der Waals surface area contributed by atoms with Crippen molar-refractivity contribution in [2.45, 2.75) is 20.3 Å². The van der Waals surface area contributed by atoms with Gasteiger partial charge in [-0.05, 0) is 13.3 Å². The number of hydrogen-bond acceptors (Lipinski definition) is 3. The standard InChI is InChI=1S/C8H9N3/c1-3-7-5-10-6(2)8(4-9)11-7/h5H,3H2,1-2H3. The van der Waals surface area contributed by atoms with Crippen molar-refractivity contribution in [3.05, 3.63) is 23.3 Å². The number of nitriles is 1. The van der Waals surface area contributed by atoms with E-state index in [0.29, 0.717) is 11.4 Å². The zero-order valence-electron chi connectivity index (χ0n) is 6.63. The molecule has 56 valence electrons. The fourth-order valence-electron chi connectivity index (χ4n) is 0.762. The van der Waals surface area contributed by atoms with Crippen LogP contribution in [0.4, 0.5) is 0 Å². The molecule has 0 aliphatic carbocycles. The first-order valence-electron chi connectivity index (χ1n) is 3.50. The Morgan fingerprint density at radius 1 is 1.64 bits per heavy atom. The van der Waals surface area contributed by atoms with Gasteiger partial charge in [0.1, 0.15) is 6.07 Å². The number of rotatable bonds is 1. The predicted octanol–water partition coefficient (Wildman–Crippen LogP) is 1.22. The van der Waals surface area contributed by atoms with Crippen LogP contribution in [-0.2, 0) is 6.42 Å². The van der Waals surface area contributed by atoms with Gasteiger partial charge in [-0.2, -0.15) is 5.26 Å². The molecule has 1 aromatic rings. The van der Waals surface area contributed by atoms with Gasteiger partial charge < -0.3 is 0 Å². The number of aromatic nitrogens is 2. The summed E-state index contributed by atoms with van der Waals surface area (Å²) in [6.45, 7) is 3.77. The first-order chi connectivity index (χ1) is 5.27. The largest absolute Gasteiger partial charge is 0.257 e. The summed E-state index contributed by atoms with van der Waals surface area (Å²) in [5.41, 5.74) is 2.00. The van der Waals surface area contributed by atoms with E-state index in [-0.39, 0.29) is 0 Å². The Balaban J connectivity index is 3.15. The molecule has 1 rings (SSSR count). The highest BCUT2D eigenvalue weighted by Crippen LogP contribution is 2.01. The van der Waals surface area contributed by atoms with E-state index in [0.717, 1.165) is 12.1 Å². The second-order valence-electron chi connectivity index (χ2n) is 2.26. The van der Waals surface area contributed by atoms with Gasteiger partial charge in [-0.1, -0.05) is 6.92 Å². The van der Waals surface area contributed by atoms with E-state index in [4.69, 9.17) is 5.26 Å². The molecular weight excluding hydrogens is 138 g/mol. The fraction of sp³-hybridized carbons (Fsp3) is 0.375. The minimum Gasteiger partial charge on any atom is -0.257 e. The highest BCUT2D eigenvalue weighted by atomic mass is 14.8. The normalized spacial score (nSPS) is 9.18. The maximum absolute atomic E-state index is 8.59. The van der Waals surface area contributed by atoms with Crippen LogP contribution in [0, 0.1) is 18.3 Å². The van der Waals surface area contributed by atoms with Crippen LogP contribution in [0.3, 0.4) is 0 Å². The number of aryl methyl sites for hydroxylation is 2. The van der Waals surface area contributed by atoms with Crippen molar-refractivity contribution in [2.75, 3.05) is 0 Å². The van der Waals surface area contributed by atoms with Gasteiger partial charge in [0.25, 0.3) is 0 Å². The molecule has 0 saturated carbocycles. The molecule has 0 fully saturated rings. The lowest BCUT2D eigenvalue weighted by molar-refractivity contribution is 0.962. The summed E-state index contributed by atoms with van der Waals surface area (Å²) >= 11 is 0. The Hall–Kier alpha value is -1.43. The molecule has 3 nitrogen and oxygen atoms in total. The van der Waals surface area contributed by atoms with Crippen molar-refractivity contribution in [1.82, 2.24) is 9.97 Å². The van der Waals surface area contributed by atoms with Crippen molar-refractivity contribution in [3.63, 3.8) is 0 Å². The minimum atomic E-state index is 0.435. The minimum absolute atomic E-state index is 0.435. The molecule has 11 heavy (non-hydrogen) atoms. The molecule has 0 aromatic carbocycles. The summed E-state index contributed by atoms with van der Waals surface area (Å²) in [4.78, 5) is 8.12. The number of nitrogens with zero attached hydrogens (tertiary/aromatic N) is 3. The molecule has 0 unspecified atom stereocenters. The molecule has 1 heterocycles. The van der Waals surface area contributed by atoms with Crippen molar-refractivity contribution in [2.24, 2.45) is 0 Å². The van der Waals surface area contributed by atoms with Crippen LogP contribution in [0.25, 0.3) is 0 Å². The molecule has 0 aliphatic heterocycles. The predicted molar refractivity (Wildman–Crippen MR) is 40.9 cm³/mol. The molecule has 0 spiro atoms. The number of hydrogen-bond donors (Lipinski definition) is 0. The first-order valence-corrected chi connectivity index (χ1v) is 3.50. The molecule has 0 radical (unpaired) electrons. The zero-order chi connectivity index (χ0) is 8.27. The molecular formula is C8H9N3. The average molecular weight is 147 g/mol. The van der Waals surface area contributed by atoms with Gasteiger partial charge in [-0.25, -0.2) is 4.98 Å². The maximum Gasteiger partial charge on any atom is 0.161 e. The lowest BCUT2D eigenvalue weighted by Crippen LogP contribution is -1.96. The quantitative estimate of drug-likeness (QED) is 0.600. The van der Waals surface area contributed by atoms with E-state index < -0.39 is 0 Å². The van der Waals surface area contributed by atoms with Crippen molar-refractivity contribution >= 4 is 0 Å². The van der Waals surface area contributed by atoms with E-state index in [2.05, 4.69) is 9.97 Å². The summed E-state index contributed by atoms with van der Waals surface area (Å²) in [6.07, 6.45) is 2.53. The zero-order valence-corrected chi connectivity index (χ0v) is 6.63. The van der Waals surface area contributed by atoms with E-state index in [9.17, 15) is 0 Å². The topological polar surface area (TPSA) is 49.6 Å². The lowest BCUT2D eigenvalue weighted by atomic mass is 10.3. The van der Waals surface area contributed by atoms with Crippen LogP contribution in [0.1, 0.15) is 24.0 Å². The van der Waals surface area contributed by atoms with Crippen LogP contribution in [0.15, 0.2) is 6.20 Å². The van der Waals surface area contributed by atoms with Crippen molar-refractivity contribution < 1.29 is 0 Å². The highest BCUT2D eigenvalue weighted by molar-refractivity contribution is 5.25.